The van der Waals surface area contributed by atoms with E-state index in [1.165, 1.54) is 17.7 Å². The van der Waals surface area contributed by atoms with Gasteiger partial charge in [-0.05, 0) is 45.3 Å². The standard InChI is InChI=1S/C12H24N4/c1-4-6-13-8-9-14-7-5-12-10(2)15-16-11(12)3/h13-14H,4-9H2,1-3H3,(H,15,16). The average molecular weight is 224 g/mol. The summed E-state index contributed by atoms with van der Waals surface area (Å²) in [5.41, 5.74) is 3.68. The van der Waals surface area contributed by atoms with Crippen LogP contribution in [0.15, 0.2) is 0 Å². The SMILES string of the molecule is CCCNCCNCCc1c(C)n[nH]c1C. The normalized spacial score (nSPS) is 10.9. The molecule has 0 unspecified atom stereocenters. The van der Waals surface area contributed by atoms with E-state index in [4.69, 9.17) is 0 Å². The molecule has 16 heavy (non-hydrogen) atoms. The number of aryl methyl sites for hydroxylation is 2. The fourth-order valence-corrected chi connectivity index (χ4v) is 1.76. The zero-order chi connectivity index (χ0) is 11.8. The molecule has 0 spiro atoms. The molecular formula is C12H24N4. The lowest BCUT2D eigenvalue weighted by atomic mass is 10.1. The Balaban J connectivity index is 2.07. The number of aromatic amines is 1. The lowest BCUT2D eigenvalue weighted by Gasteiger charge is -2.06. The molecule has 4 nitrogen and oxygen atoms in total. The Kier molecular flexibility index (Phi) is 6.11. The molecule has 0 aliphatic rings. The van der Waals surface area contributed by atoms with E-state index in [9.17, 15) is 0 Å². The second-order valence-corrected chi connectivity index (χ2v) is 4.16. The molecule has 0 fully saturated rings. The van der Waals surface area contributed by atoms with Crippen molar-refractivity contribution in [2.24, 2.45) is 0 Å². The van der Waals surface area contributed by atoms with Crippen molar-refractivity contribution in [3.63, 3.8) is 0 Å². The number of nitrogens with zero attached hydrogens (tertiary/aromatic N) is 1. The van der Waals surface area contributed by atoms with Crippen LogP contribution in [-0.4, -0.2) is 36.4 Å². The van der Waals surface area contributed by atoms with Crippen molar-refractivity contribution in [2.45, 2.75) is 33.6 Å². The highest BCUT2D eigenvalue weighted by atomic mass is 15.1. The van der Waals surface area contributed by atoms with Gasteiger partial charge < -0.3 is 10.6 Å². The van der Waals surface area contributed by atoms with Crippen LogP contribution in [0.4, 0.5) is 0 Å². The van der Waals surface area contributed by atoms with E-state index in [1.807, 2.05) is 0 Å². The van der Waals surface area contributed by atoms with Crippen LogP contribution < -0.4 is 10.6 Å². The highest BCUT2D eigenvalue weighted by molar-refractivity contribution is 5.23. The van der Waals surface area contributed by atoms with Crippen molar-refractivity contribution in [3.8, 4) is 0 Å². The molecule has 1 heterocycles. The molecule has 0 atom stereocenters. The largest absolute Gasteiger partial charge is 0.315 e. The molecule has 0 amide bonds. The number of H-pyrrole nitrogens is 1. The van der Waals surface area contributed by atoms with Crippen LogP contribution in [0.25, 0.3) is 0 Å². The Morgan fingerprint density at radius 2 is 1.75 bits per heavy atom. The maximum Gasteiger partial charge on any atom is 0.0626 e. The average Bonchev–Trinajstić information content (AvgIpc) is 2.59. The molecule has 0 bridgehead atoms. The van der Waals surface area contributed by atoms with Crippen molar-refractivity contribution in [1.82, 2.24) is 20.8 Å². The zero-order valence-corrected chi connectivity index (χ0v) is 10.7. The molecular weight excluding hydrogens is 200 g/mol. The third kappa shape index (κ3) is 4.33. The van der Waals surface area contributed by atoms with Crippen molar-refractivity contribution in [3.05, 3.63) is 17.0 Å². The Bertz CT molecular complexity index is 274. The summed E-state index contributed by atoms with van der Waals surface area (Å²) in [7, 11) is 0. The van der Waals surface area contributed by atoms with Gasteiger partial charge in [0.05, 0.1) is 5.69 Å². The molecule has 4 heteroatoms. The third-order valence-electron chi connectivity index (χ3n) is 2.74. The lowest BCUT2D eigenvalue weighted by Crippen LogP contribution is -2.29. The molecule has 92 valence electrons. The first-order valence-electron chi connectivity index (χ1n) is 6.17. The second kappa shape index (κ2) is 7.41. The summed E-state index contributed by atoms with van der Waals surface area (Å²) in [6.07, 6.45) is 2.26. The Morgan fingerprint density at radius 1 is 1.06 bits per heavy atom. The van der Waals surface area contributed by atoms with Crippen molar-refractivity contribution >= 4 is 0 Å². The van der Waals surface area contributed by atoms with Gasteiger partial charge >= 0.3 is 0 Å². The van der Waals surface area contributed by atoms with Crippen molar-refractivity contribution in [2.75, 3.05) is 26.2 Å². The monoisotopic (exact) mass is 224 g/mol. The first-order valence-corrected chi connectivity index (χ1v) is 6.17. The smallest absolute Gasteiger partial charge is 0.0626 e. The van der Waals surface area contributed by atoms with Crippen LogP contribution >= 0.6 is 0 Å². The van der Waals surface area contributed by atoms with Gasteiger partial charge in [-0.3, -0.25) is 5.10 Å². The topological polar surface area (TPSA) is 52.7 Å². The Hall–Kier alpha value is -0.870. The summed E-state index contributed by atoms with van der Waals surface area (Å²) in [5, 5.41) is 14.0. The van der Waals surface area contributed by atoms with Crippen molar-refractivity contribution in [1.29, 1.82) is 0 Å². The van der Waals surface area contributed by atoms with E-state index in [0.29, 0.717) is 0 Å². The van der Waals surface area contributed by atoms with Crippen LogP contribution in [0.5, 0.6) is 0 Å². The van der Waals surface area contributed by atoms with Gasteiger partial charge in [-0.25, -0.2) is 0 Å². The summed E-state index contributed by atoms with van der Waals surface area (Å²) in [6, 6.07) is 0. The maximum absolute atomic E-state index is 4.19. The van der Waals surface area contributed by atoms with Gasteiger partial charge in [-0.15, -0.1) is 0 Å². The minimum Gasteiger partial charge on any atom is -0.315 e. The number of hydrogen-bond donors (Lipinski definition) is 3. The predicted octanol–water partition coefficient (Wildman–Crippen LogP) is 1.16. The quantitative estimate of drug-likeness (QED) is 0.581. The van der Waals surface area contributed by atoms with Gasteiger partial charge in [0.15, 0.2) is 0 Å². The Labute approximate surface area is 98.2 Å². The fourth-order valence-electron chi connectivity index (χ4n) is 1.76. The number of rotatable bonds is 8. The third-order valence-corrected chi connectivity index (χ3v) is 2.74. The van der Waals surface area contributed by atoms with E-state index >= 15 is 0 Å². The van der Waals surface area contributed by atoms with E-state index < -0.39 is 0 Å². The van der Waals surface area contributed by atoms with Gasteiger partial charge in [0.1, 0.15) is 0 Å². The maximum atomic E-state index is 4.19. The predicted molar refractivity (Wildman–Crippen MR) is 67.8 cm³/mol. The lowest BCUT2D eigenvalue weighted by molar-refractivity contribution is 0.606. The van der Waals surface area contributed by atoms with Crippen LogP contribution in [-0.2, 0) is 6.42 Å². The van der Waals surface area contributed by atoms with Crippen molar-refractivity contribution < 1.29 is 0 Å². The molecule has 0 saturated heterocycles. The number of hydrogen-bond acceptors (Lipinski definition) is 3. The van der Waals surface area contributed by atoms with Gasteiger partial charge in [0.2, 0.25) is 0 Å². The summed E-state index contributed by atoms with van der Waals surface area (Å²) in [6.45, 7) is 10.6. The molecule has 0 aliphatic heterocycles. The summed E-state index contributed by atoms with van der Waals surface area (Å²) in [4.78, 5) is 0. The fraction of sp³-hybridized carbons (Fsp3) is 0.750. The minimum atomic E-state index is 1.02. The summed E-state index contributed by atoms with van der Waals surface area (Å²) in [5.74, 6) is 0. The molecule has 0 aromatic carbocycles. The number of aromatic nitrogens is 2. The molecule has 1 rings (SSSR count). The minimum absolute atomic E-state index is 1.02. The molecule has 3 N–H and O–H groups in total. The Morgan fingerprint density at radius 3 is 2.31 bits per heavy atom. The first-order chi connectivity index (χ1) is 7.75. The van der Waals surface area contributed by atoms with E-state index in [-0.39, 0.29) is 0 Å². The van der Waals surface area contributed by atoms with Gasteiger partial charge in [-0.2, -0.15) is 5.10 Å². The molecule has 1 aromatic rings. The second-order valence-electron chi connectivity index (χ2n) is 4.16. The molecule has 1 aromatic heterocycles. The van der Waals surface area contributed by atoms with Crippen LogP contribution in [0.1, 0.15) is 30.3 Å². The van der Waals surface area contributed by atoms with Gasteiger partial charge in [-0.1, -0.05) is 6.92 Å². The molecule has 0 saturated carbocycles. The number of nitrogens with one attached hydrogen (secondary N) is 3. The van der Waals surface area contributed by atoms with Gasteiger partial charge in [0.25, 0.3) is 0 Å². The van der Waals surface area contributed by atoms with E-state index in [0.717, 1.165) is 38.3 Å². The first kappa shape index (κ1) is 13.2. The van der Waals surface area contributed by atoms with E-state index in [2.05, 4.69) is 41.6 Å². The highest BCUT2D eigenvalue weighted by Gasteiger charge is 2.04. The summed E-state index contributed by atoms with van der Waals surface area (Å²) < 4.78 is 0. The zero-order valence-electron chi connectivity index (χ0n) is 10.7. The van der Waals surface area contributed by atoms with Gasteiger partial charge in [0, 0.05) is 18.8 Å². The highest BCUT2D eigenvalue weighted by Crippen LogP contribution is 2.08. The van der Waals surface area contributed by atoms with Crippen LogP contribution in [0.3, 0.4) is 0 Å². The van der Waals surface area contributed by atoms with E-state index in [1.54, 1.807) is 0 Å². The summed E-state index contributed by atoms with van der Waals surface area (Å²) >= 11 is 0. The molecule has 0 radical (unpaired) electrons. The van der Waals surface area contributed by atoms with Crippen LogP contribution in [0, 0.1) is 13.8 Å². The molecule has 0 aliphatic carbocycles. The van der Waals surface area contributed by atoms with Crippen LogP contribution in [0.2, 0.25) is 0 Å².